The number of hydrogen-bond donors (Lipinski definition) is 0. The van der Waals surface area contributed by atoms with Crippen molar-refractivity contribution in [2.45, 2.75) is 20.8 Å². The zero-order valence-electron chi connectivity index (χ0n) is 13.0. The van der Waals surface area contributed by atoms with Crippen LogP contribution in [0.1, 0.15) is 20.8 Å². The van der Waals surface area contributed by atoms with Gasteiger partial charge in [0.05, 0.1) is 0 Å². The van der Waals surface area contributed by atoms with Gasteiger partial charge in [-0.25, -0.2) is 0 Å². The molecule has 0 N–H and O–H groups in total. The number of hydrogen-bond acceptors (Lipinski definition) is 6. The Morgan fingerprint density at radius 1 is 0.739 bits per heavy atom. The van der Waals surface area contributed by atoms with Gasteiger partial charge in [-0.1, -0.05) is 0 Å². The van der Waals surface area contributed by atoms with E-state index in [0.29, 0.717) is 3.12 Å². The second-order valence-corrected chi connectivity index (χ2v) is 13.8. The van der Waals surface area contributed by atoms with Gasteiger partial charge in [-0.15, -0.1) is 0 Å². The van der Waals surface area contributed by atoms with Gasteiger partial charge in [0, 0.05) is 0 Å². The van der Waals surface area contributed by atoms with Gasteiger partial charge in [0.15, 0.2) is 0 Å². The zero-order chi connectivity index (χ0) is 17.0. The van der Waals surface area contributed by atoms with Crippen LogP contribution in [-0.4, -0.2) is 40.4 Å². The maximum absolute atomic E-state index is 11.5. The summed E-state index contributed by atoms with van der Waals surface area (Å²) in [4.78, 5) is 34.5. The van der Waals surface area contributed by atoms with Gasteiger partial charge in [0.25, 0.3) is 0 Å². The fraction of sp³-hybridized carbons (Fsp3) is 0.188. The minimum absolute atomic E-state index is 0.441. The number of carbonyl (C=O) groups excluding carboxylic acids is 3. The van der Waals surface area contributed by atoms with E-state index in [2.05, 4.69) is 0 Å². The average Bonchev–Trinajstić information content (AvgIpc) is 2.44. The summed E-state index contributed by atoms with van der Waals surface area (Å²) in [6.07, 6.45) is 0. The van der Waals surface area contributed by atoms with E-state index in [-0.39, 0.29) is 0 Å². The summed E-state index contributed by atoms with van der Waals surface area (Å²) in [5.41, 5.74) is 0. The van der Waals surface area contributed by atoms with E-state index in [1.54, 1.807) is 18.2 Å². The molecule has 23 heavy (non-hydrogen) atoms. The van der Waals surface area contributed by atoms with Crippen molar-refractivity contribution >= 4 is 54.3 Å². The van der Waals surface area contributed by atoms with Crippen molar-refractivity contribution in [3.8, 4) is 0 Å². The van der Waals surface area contributed by atoms with Crippen LogP contribution in [0.5, 0.6) is 0 Å². The summed E-state index contributed by atoms with van der Waals surface area (Å²) < 4.78 is 16.3. The molecule has 120 valence electrons. The Labute approximate surface area is 139 Å². The molecule has 0 saturated heterocycles. The first-order valence-corrected chi connectivity index (χ1v) is 13.6. The molecule has 2 rings (SSSR count). The molecular weight excluding hydrogens is 495 g/mol. The van der Waals surface area contributed by atoms with E-state index in [1.807, 2.05) is 24.3 Å². The third-order valence-corrected chi connectivity index (χ3v) is 13.4. The van der Waals surface area contributed by atoms with Gasteiger partial charge < -0.3 is 0 Å². The molecule has 0 heterocycles. The number of carbonyl (C=O) groups is 3. The van der Waals surface area contributed by atoms with Gasteiger partial charge >= 0.3 is 140 Å². The first kappa shape index (κ1) is 17.4. The van der Waals surface area contributed by atoms with E-state index >= 15 is 0 Å². The second-order valence-electron chi connectivity index (χ2n) is 4.90. The minimum atomic E-state index is -5.10. The number of fused-ring (bicyclic) bond motifs is 1. The van der Waals surface area contributed by atoms with Crippen molar-refractivity contribution in [3.05, 3.63) is 42.5 Å². The molecule has 2 aromatic rings. The average molecular weight is 511 g/mol. The molecule has 0 saturated carbocycles. The van der Waals surface area contributed by atoms with Crippen LogP contribution >= 0.6 is 0 Å². The molecule has 0 radical (unpaired) electrons. The Morgan fingerprint density at radius 3 is 1.70 bits per heavy atom. The Kier molecular flexibility index (Phi) is 5.35. The van der Waals surface area contributed by atoms with Crippen molar-refractivity contribution in [2.24, 2.45) is 0 Å². The molecule has 7 heteroatoms. The van der Waals surface area contributed by atoms with E-state index in [4.69, 9.17) is 8.06 Å². The Morgan fingerprint density at radius 2 is 1.22 bits per heavy atom. The van der Waals surface area contributed by atoms with Crippen molar-refractivity contribution < 1.29 is 22.4 Å². The summed E-state index contributed by atoms with van der Waals surface area (Å²) >= 11 is -5.10. The third-order valence-electron chi connectivity index (χ3n) is 2.94. The molecule has 0 bridgehead atoms. The maximum atomic E-state index is 11.5. The van der Waals surface area contributed by atoms with E-state index in [1.165, 1.54) is 20.8 Å². The second kappa shape index (κ2) is 7.07. The standard InChI is InChI=1S/C10H7.3C2H4O2.Pb/c1-2-6-10-8-4-3-7-9(10)5-1;3*1-2(3)4;/h1-3,5-8H;3*1H3,(H,3,4);/q;;;;+3/p-3. The predicted octanol–water partition coefficient (Wildman–Crippen LogP) is 1.67. The van der Waals surface area contributed by atoms with Crippen LogP contribution in [-0.2, 0) is 22.4 Å². The number of benzene rings is 2. The molecule has 0 aliphatic rings. The van der Waals surface area contributed by atoms with E-state index in [9.17, 15) is 14.4 Å². The Bertz CT molecular complexity index is 729. The Hall–Kier alpha value is -1.97. The van der Waals surface area contributed by atoms with E-state index < -0.39 is 40.4 Å². The van der Waals surface area contributed by atoms with Gasteiger partial charge in [0.1, 0.15) is 0 Å². The topological polar surface area (TPSA) is 78.9 Å². The molecule has 0 spiro atoms. The fourth-order valence-electron chi connectivity index (χ4n) is 2.19. The summed E-state index contributed by atoms with van der Waals surface area (Å²) in [6.45, 7) is 3.55. The monoisotopic (exact) mass is 512 g/mol. The summed E-state index contributed by atoms with van der Waals surface area (Å²) in [7, 11) is 0. The summed E-state index contributed by atoms with van der Waals surface area (Å²) in [5, 5.41) is 1.83. The summed E-state index contributed by atoms with van der Waals surface area (Å²) in [6, 6.07) is 12.7. The molecule has 6 nitrogen and oxygen atoms in total. The SMILES string of the molecule is CC(=O)[O][Pb]([O]C(C)=O)([O]C(C)=O)[c]1ccc2ccccc2c1. The molecule has 0 aromatic heterocycles. The molecular formula is C16H16O6Pb. The summed E-state index contributed by atoms with van der Waals surface area (Å²) in [5.74, 6) is -1.99. The van der Waals surface area contributed by atoms with Gasteiger partial charge in [-0.3, -0.25) is 0 Å². The normalized spacial score (nSPS) is 10.9. The van der Waals surface area contributed by atoms with E-state index in [0.717, 1.165) is 10.8 Å². The van der Waals surface area contributed by atoms with Crippen LogP contribution < -0.4 is 3.12 Å². The van der Waals surface area contributed by atoms with Crippen molar-refractivity contribution in [3.63, 3.8) is 0 Å². The van der Waals surface area contributed by atoms with Gasteiger partial charge in [-0.05, 0) is 0 Å². The molecule has 2 aromatic carbocycles. The molecule has 0 atom stereocenters. The Balaban J connectivity index is 2.61. The molecule has 0 fully saturated rings. The molecule has 0 amide bonds. The van der Waals surface area contributed by atoms with Crippen LogP contribution in [0.4, 0.5) is 0 Å². The predicted molar refractivity (Wildman–Crippen MR) is 84.6 cm³/mol. The molecule has 0 aliphatic carbocycles. The van der Waals surface area contributed by atoms with Gasteiger partial charge in [-0.2, -0.15) is 0 Å². The quantitative estimate of drug-likeness (QED) is 0.582. The van der Waals surface area contributed by atoms with Crippen LogP contribution in [0.25, 0.3) is 10.8 Å². The van der Waals surface area contributed by atoms with Gasteiger partial charge in [0.2, 0.25) is 0 Å². The molecule has 0 unspecified atom stereocenters. The van der Waals surface area contributed by atoms with Crippen LogP contribution in [0.15, 0.2) is 42.5 Å². The zero-order valence-corrected chi connectivity index (χ0v) is 16.9. The fourth-order valence-corrected chi connectivity index (χ4v) is 10.9. The van der Waals surface area contributed by atoms with Crippen molar-refractivity contribution in [2.75, 3.05) is 0 Å². The first-order valence-electron chi connectivity index (χ1n) is 6.90. The van der Waals surface area contributed by atoms with Crippen molar-refractivity contribution in [1.29, 1.82) is 0 Å². The first-order chi connectivity index (χ1) is 10.8. The van der Waals surface area contributed by atoms with Crippen molar-refractivity contribution in [1.82, 2.24) is 0 Å². The molecule has 0 aliphatic heterocycles. The number of rotatable bonds is 4. The third kappa shape index (κ3) is 4.28. The van der Waals surface area contributed by atoms with Crippen LogP contribution in [0, 0.1) is 0 Å². The van der Waals surface area contributed by atoms with Crippen LogP contribution in [0.2, 0.25) is 0 Å². The van der Waals surface area contributed by atoms with Crippen LogP contribution in [0.3, 0.4) is 0 Å².